The molecular formula is C18H23N3. The van der Waals surface area contributed by atoms with E-state index in [9.17, 15) is 0 Å². The van der Waals surface area contributed by atoms with Gasteiger partial charge in [-0.1, -0.05) is 19.3 Å². The van der Waals surface area contributed by atoms with Crippen molar-refractivity contribution in [2.24, 2.45) is 11.8 Å². The second-order valence-corrected chi connectivity index (χ2v) is 6.65. The van der Waals surface area contributed by atoms with Crippen LogP contribution in [0.15, 0.2) is 30.5 Å². The van der Waals surface area contributed by atoms with Crippen LogP contribution in [0.1, 0.15) is 32.1 Å². The molecule has 2 aliphatic rings. The zero-order valence-corrected chi connectivity index (χ0v) is 12.5. The maximum absolute atomic E-state index is 5.89. The SMILES string of the molecule is Nc1ccc2c(N3CCC4CCCCC4C3)ccnc2c1. The van der Waals surface area contributed by atoms with Gasteiger partial charge in [-0.25, -0.2) is 0 Å². The van der Waals surface area contributed by atoms with E-state index < -0.39 is 0 Å². The van der Waals surface area contributed by atoms with E-state index in [4.69, 9.17) is 5.73 Å². The number of aromatic nitrogens is 1. The van der Waals surface area contributed by atoms with Crippen LogP contribution >= 0.6 is 0 Å². The summed E-state index contributed by atoms with van der Waals surface area (Å²) in [6.07, 6.45) is 9.00. The number of nitrogens with two attached hydrogens (primary N) is 1. The highest BCUT2D eigenvalue weighted by Gasteiger charge is 2.31. The van der Waals surface area contributed by atoms with Gasteiger partial charge in [0.15, 0.2) is 0 Å². The first kappa shape index (κ1) is 12.9. The van der Waals surface area contributed by atoms with Crippen molar-refractivity contribution in [3.8, 4) is 0 Å². The van der Waals surface area contributed by atoms with Gasteiger partial charge < -0.3 is 10.6 Å². The van der Waals surface area contributed by atoms with Gasteiger partial charge >= 0.3 is 0 Å². The summed E-state index contributed by atoms with van der Waals surface area (Å²) in [5.74, 6) is 1.86. The maximum Gasteiger partial charge on any atom is 0.0743 e. The molecule has 0 radical (unpaired) electrons. The van der Waals surface area contributed by atoms with E-state index in [2.05, 4.69) is 22.0 Å². The van der Waals surface area contributed by atoms with E-state index in [1.807, 2.05) is 18.3 Å². The lowest BCUT2D eigenvalue weighted by Gasteiger charge is -2.42. The Morgan fingerprint density at radius 1 is 1.05 bits per heavy atom. The molecule has 21 heavy (non-hydrogen) atoms. The number of hydrogen-bond acceptors (Lipinski definition) is 3. The van der Waals surface area contributed by atoms with E-state index in [0.717, 1.165) is 23.0 Å². The van der Waals surface area contributed by atoms with Crippen molar-refractivity contribution in [2.75, 3.05) is 23.7 Å². The standard InChI is InChI=1S/C18H23N3/c19-15-5-6-16-17(11-15)20-9-7-18(16)21-10-8-13-3-1-2-4-14(13)12-21/h5-7,9,11,13-14H,1-4,8,10,12,19H2. The summed E-state index contributed by atoms with van der Waals surface area (Å²) in [7, 11) is 0. The average Bonchev–Trinajstić information content (AvgIpc) is 2.53. The van der Waals surface area contributed by atoms with Crippen LogP contribution in [0.4, 0.5) is 11.4 Å². The van der Waals surface area contributed by atoms with E-state index in [0.29, 0.717) is 0 Å². The highest BCUT2D eigenvalue weighted by Crippen LogP contribution is 2.38. The molecule has 1 aliphatic heterocycles. The van der Waals surface area contributed by atoms with Crippen LogP contribution in [0.25, 0.3) is 10.9 Å². The van der Waals surface area contributed by atoms with Crippen molar-refractivity contribution in [1.29, 1.82) is 0 Å². The van der Waals surface area contributed by atoms with Crippen LogP contribution in [0.3, 0.4) is 0 Å². The van der Waals surface area contributed by atoms with Gasteiger partial charge in [0, 0.05) is 36.0 Å². The summed E-state index contributed by atoms with van der Waals surface area (Å²) >= 11 is 0. The lowest BCUT2D eigenvalue weighted by molar-refractivity contribution is 0.202. The third-order valence-corrected chi connectivity index (χ3v) is 5.38. The van der Waals surface area contributed by atoms with Gasteiger partial charge in [-0.05, 0) is 48.9 Å². The zero-order chi connectivity index (χ0) is 14.2. The topological polar surface area (TPSA) is 42.1 Å². The number of fused-ring (bicyclic) bond motifs is 2. The second kappa shape index (κ2) is 5.21. The van der Waals surface area contributed by atoms with Crippen molar-refractivity contribution < 1.29 is 0 Å². The Bertz CT molecular complexity index is 652. The van der Waals surface area contributed by atoms with Gasteiger partial charge in [0.25, 0.3) is 0 Å². The normalized spacial score (nSPS) is 25.8. The third kappa shape index (κ3) is 2.35. The van der Waals surface area contributed by atoms with Crippen LogP contribution in [0.5, 0.6) is 0 Å². The largest absolute Gasteiger partial charge is 0.399 e. The molecule has 0 bridgehead atoms. The highest BCUT2D eigenvalue weighted by molar-refractivity contribution is 5.93. The predicted octanol–water partition coefficient (Wildman–Crippen LogP) is 3.83. The Kier molecular flexibility index (Phi) is 3.21. The quantitative estimate of drug-likeness (QED) is 0.808. The molecule has 2 fully saturated rings. The first-order chi connectivity index (χ1) is 10.3. The molecule has 1 saturated heterocycles. The van der Waals surface area contributed by atoms with Gasteiger partial charge in [-0.15, -0.1) is 0 Å². The minimum Gasteiger partial charge on any atom is -0.399 e. The summed E-state index contributed by atoms with van der Waals surface area (Å²) in [6.45, 7) is 2.40. The Hall–Kier alpha value is -1.77. The second-order valence-electron chi connectivity index (χ2n) is 6.65. The fourth-order valence-corrected chi connectivity index (χ4v) is 4.25. The van der Waals surface area contributed by atoms with E-state index in [1.54, 1.807) is 0 Å². The number of rotatable bonds is 1. The first-order valence-corrected chi connectivity index (χ1v) is 8.20. The van der Waals surface area contributed by atoms with Crippen molar-refractivity contribution >= 4 is 22.3 Å². The van der Waals surface area contributed by atoms with Gasteiger partial charge in [-0.2, -0.15) is 0 Å². The van der Waals surface area contributed by atoms with Crippen molar-refractivity contribution in [2.45, 2.75) is 32.1 Å². The molecule has 0 amide bonds. The number of piperidine rings is 1. The third-order valence-electron chi connectivity index (χ3n) is 5.38. The van der Waals surface area contributed by atoms with E-state index in [1.165, 1.54) is 56.3 Å². The molecule has 2 aromatic rings. The van der Waals surface area contributed by atoms with Gasteiger partial charge in [0.1, 0.15) is 0 Å². The molecule has 1 aliphatic carbocycles. The molecule has 1 aromatic heterocycles. The number of anilines is 2. The Balaban J connectivity index is 1.67. The number of pyridine rings is 1. The average molecular weight is 281 g/mol. The van der Waals surface area contributed by atoms with Crippen LogP contribution in [0, 0.1) is 11.8 Å². The summed E-state index contributed by atoms with van der Waals surface area (Å²) in [5.41, 5.74) is 9.03. The summed E-state index contributed by atoms with van der Waals surface area (Å²) in [5, 5.41) is 1.24. The summed E-state index contributed by atoms with van der Waals surface area (Å²) in [6, 6.07) is 8.26. The molecule has 1 saturated carbocycles. The monoisotopic (exact) mass is 281 g/mol. The van der Waals surface area contributed by atoms with Gasteiger partial charge in [0.05, 0.1) is 5.52 Å². The smallest absolute Gasteiger partial charge is 0.0743 e. The minimum absolute atomic E-state index is 0.790. The lowest BCUT2D eigenvalue weighted by atomic mass is 9.75. The highest BCUT2D eigenvalue weighted by atomic mass is 15.1. The van der Waals surface area contributed by atoms with Crippen molar-refractivity contribution in [3.05, 3.63) is 30.5 Å². The van der Waals surface area contributed by atoms with Crippen molar-refractivity contribution in [3.63, 3.8) is 0 Å². The first-order valence-electron chi connectivity index (χ1n) is 8.20. The molecule has 4 rings (SSSR count). The summed E-state index contributed by atoms with van der Waals surface area (Å²) < 4.78 is 0. The summed E-state index contributed by atoms with van der Waals surface area (Å²) in [4.78, 5) is 7.05. The Morgan fingerprint density at radius 3 is 2.81 bits per heavy atom. The van der Waals surface area contributed by atoms with Crippen LogP contribution in [-0.2, 0) is 0 Å². The number of benzene rings is 1. The molecule has 2 unspecified atom stereocenters. The van der Waals surface area contributed by atoms with Crippen molar-refractivity contribution in [1.82, 2.24) is 4.98 Å². The lowest BCUT2D eigenvalue weighted by Crippen LogP contribution is -2.41. The molecule has 110 valence electrons. The van der Waals surface area contributed by atoms with E-state index >= 15 is 0 Å². The number of nitrogens with zero attached hydrogens (tertiary/aromatic N) is 2. The Morgan fingerprint density at radius 2 is 1.90 bits per heavy atom. The van der Waals surface area contributed by atoms with E-state index in [-0.39, 0.29) is 0 Å². The zero-order valence-electron chi connectivity index (χ0n) is 12.5. The van der Waals surface area contributed by atoms with Crippen LogP contribution in [0.2, 0.25) is 0 Å². The predicted molar refractivity (Wildman–Crippen MR) is 88.4 cm³/mol. The molecule has 3 heteroatoms. The minimum atomic E-state index is 0.790. The Labute approximate surface area is 126 Å². The number of hydrogen-bond donors (Lipinski definition) is 1. The van der Waals surface area contributed by atoms with Gasteiger partial charge in [-0.3, -0.25) is 4.98 Å². The molecule has 2 N–H and O–H groups in total. The molecular weight excluding hydrogens is 258 g/mol. The fraction of sp³-hybridized carbons (Fsp3) is 0.500. The maximum atomic E-state index is 5.89. The molecule has 2 heterocycles. The molecule has 1 aromatic carbocycles. The molecule has 3 nitrogen and oxygen atoms in total. The van der Waals surface area contributed by atoms with Gasteiger partial charge in [0.2, 0.25) is 0 Å². The van der Waals surface area contributed by atoms with Crippen LogP contribution < -0.4 is 10.6 Å². The molecule has 0 spiro atoms. The van der Waals surface area contributed by atoms with Crippen LogP contribution in [-0.4, -0.2) is 18.1 Å². The number of nitrogen functional groups attached to an aromatic ring is 1. The molecule has 2 atom stereocenters. The fourth-order valence-electron chi connectivity index (χ4n) is 4.25.